The van der Waals surface area contributed by atoms with Gasteiger partial charge in [0, 0.05) is 24.5 Å². The van der Waals surface area contributed by atoms with E-state index in [-0.39, 0.29) is 49.7 Å². The van der Waals surface area contributed by atoms with Gasteiger partial charge in [-0.2, -0.15) is 10.6 Å². The lowest BCUT2D eigenvalue weighted by Crippen LogP contribution is -2.64. The molecule has 8 N–H and O–H groups in total. The first-order valence-corrected chi connectivity index (χ1v) is 16.7. The maximum Gasteiger partial charge on any atom is 0.405 e. The highest BCUT2D eigenvalue weighted by atomic mass is 32.3. The molecule has 16 nitrogen and oxygen atoms in total. The van der Waals surface area contributed by atoms with Gasteiger partial charge in [-0.3, -0.25) is 28.3 Å². The average molecular weight is 642 g/mol. The van der Waals surface area contributed by atoms with Gasteiger partial charge in [0.05, 0.1) is 17.9 Å². The SMILES string of the molecule is CC(C)(O)c1cnnn1[C@H]1C[C@@H](C(=O)NC2(C(=O)C(N)=O)CCS(O)(O)CC2)N(C(=O)C(CC2CCCCC2)NC(=O)O)C1. The molecule has 4 amide bonds. The number of ketones is 1. The van der Waals surface area contributed by atoms with Crippen molar-refractivity contribution in [3.05, 3.63) is 11.9 Å². The lowest BCUT2D eigenvalue weighted by atomic mass is 9.84. The number of nitrogens with zero attached hydrogens (tertiary/aromatic N) is 4. The number of hydrogen-bond donors (Lipinski definition) is 7. The Morgan fingerprint density at radius 3 is 2.34 bits per heavy atom. The molecule has 1 aromatic rings. The number of carboxylic acid groups (broad SMARTS) is 1. The summed E-state index contributed by atoms with van der Waals surface area (Å²) >= 11 is 0. The fourth-order valence-electron chi connectivity index (χ4n) is 6.63. The van der Waals surface area contributed by atoms with E-state index >= 15 is 0 Å². The van der Waals surface area contributed by atoms with E-state index in [1.807, 2.05) is 0 Å². The molecule has 246 valence electrons. The van der Waals surface area contributed by atoms with Crippen molar-refractivity contribution in [1.29, 1.82) is 0 Å². The van der Waals surface area contributed by atoms with Gasteiger partial charge in [0.25, 0.3) is 5.91 Å². The van der Waals surface area contributed by atoms with E-state index in [0.29, 0.717) is 5.69 Å². The normalized spacial score (nSPS) is 25.1. The van der Waals surface area contributed by atoms with Crippen molar-refractivity contribution in [1.82, 2.24) is 30.5 Å². The lowest BCUT2D eigenvalue weighted by Gasteiger charge is -2.45. The molecule has 4 rings (SSSR count). The lowest BCUT2D eigenvalue weighted by molar-refractivity contribution is -0.145. The number of rotatable bonds is 10. The molecule has 44 heavy (non-hydrogen) atoms. The van der Waals surface area contributed by atoms with Gasteiger partial charge in [-0.05, 0) is 39.0 Å². The van der Waals surface area contributed by atoms with E-state index in [9.17, 15) is 43.3 Å². The van der Waals surface area contributed by atoms with Crippen LogP contribution in [0.15, 0.2) is 6.20 Å². The largest absolute Gasteiger partial charge is 0.465 e. The molecule has 0 spiro atoms. The van der Waals surface area contributed by atoms with Crippen LogP contribution in [0.3, 0.4) is 0 Å². The van der Waals surface area contributed by atoms with Gasteiger partial charge in [0.15, 0.2) is 0 Å². The van der Waals surface area contributed by atoms with Gasteiger partial charge in [0.2, 0.25) is 17.6 Å². The Hall–Kier alpha value is -3.28. The van der Waals surface area contributed by atoms with Crippen LogP contribution in [-0.2, 0) is 24.8 Å². The Kier molecular flexibility index (Phi) is 9.92. The molecule has 1 aliphatic carbocycles. The van der Waals surface area contributed by atoms with Crippen molar-refractivity contribution in [3.8, 4) is 0 Å². The first-order chi connectivity index (χ1) is 20.5. The zero-order valence-electron chi connectivity index (χ0n) is 25.0. The zero-order valence-corrected chi connectivity index (χ0v) is 25.8. The van der Waals surface area contributed by atoms with Crippen LogP contribution in [0.1, 0.15) is 83.4 Å². The second-order valence-corrected chi connectivity index (χ2v) is 15.2. The van der Waals surface area contributed by atoms with Crippen LogP contribution in [0.4, 0.5) is 4.79 Å². The number of aromatic nitrogens is 3. The summed E-state index contributed by atoms with van der Waals surface area (Å²) in [6, 6.07) is -3.02. The van der Waals surface area contributed by atoms with Crippen molar-refractivity contribution >= 4 is 40.2 Å². The fourth-order valence-corrected chi connectivity index (χ4v) is 8.18. The topological polar surface area (TPSA) is 250 Å². The van der Waals surface area contributed by atoms with Gasteiger partial charge in [-0.1, -0.05) is 37.3 Å². The molecular formula is C27H43N7O9S. The van der Waals surface area contributed by atoms with Crippen LogP contribution in [0.5, 0.6) is 0 Å². The molecule has 17 heteroatoms. The maximum atomic E-state index is 14.1. The zero-order chi connectivity index (χ0) is 32.4. The van der Waals surface area contributed by atoms with Gasteiger partial charge in [0.1, 0.15) is 23.2 Å². The molecule has 3 atom stereocenters. The molecule has 1 aromatic heterocycles. The van der Waals surface area contributed by atoms with E-state index in [1.165, 1.54) is 29.6 Å². The van der Waals surface area contributed by atoms with E-state index in [4.69, 9.17) is 5.73 Å². The van der Waals surface area contributed by atoms with Crippen molar-refractivity contribution in [3.63, 3.8) is 0 Å². The van der Waals surface area contributed by atoms with Crippen molar-refractivity contribution in [2.45, 2.75) is 101 Å². The monoisotopic (exact) mass is 641 g/mol. The van der Waals surface area contributed by atoms with Crippen LogP contribution in [0.25, 0.3) is 0 Å². The van der Waals surface area contributed by atoms with Gasteiger partial charge in [-0.25, -0.2) is 9.48 Å². The number of amides is 4. The summed E-state index contributed by atoms with van der Waals surface area (Å²) in [5, 5.41) is 33.2. The number of likely N-dealkylation sites (tertiary alicyclic amines) is 1. The standard InChI is InChI=1S/C27H43N7O9S/c1-26(2,41)20-14-29-32-34(20)17-13-19(23(37)31-27(21(35)22(28)36)8-10-44(42,43)11-9-27)33(15-17)24(38)18(30-25(39)40)12-16-6-4-3-5-7-16/h14,16-19,30,41-43H,3-13,15H2,1-2H3,(H2,28,36)(H,31,37)(H,39,40)/t17-,18?,19-/m0/s1. The number of nitrogens with one attached hydrogen (secondary N) is 2. The minimum atomic E-state index is -3.01. The van der Waals surface area contributed by atoms with Crippen LogP contribution in [0, 0.1) is 5.92 Å². The summed E-state index contributed by atoms with van der Waals surface area (Å²) in [6.45, 7) is 2.99. The molecular weight excluding hydrogens is 598 g/mol. The van der Waals surface area contributed by atoms with Crippen molar-refractivity contribution in [2.75, 3.05) is 18.1 Å². The third-order valence-corrected chi connectivity index (χ3v) is 10.8. The molecule has 3 aliphatic rings. The smallest absolute Gasteiger partial charge is 0.405 e. The number of hydrogen-bond acceptors (Lipinski definition) is 10. The van der Waals surface area contributed by atoms with Crippen molar-refractivity contribution < 1.29 is 43.3 Å². The molecule has 0 aromatic carbocycles. The summed E-state index contributed by atoms with van der Waals surface area (Å²) in [7, 11) is -3.01. The Balaban J connectivity index is 1.67. The second kappa shape index (κ2) is 13.0. The predicted octanol–water partition coefficient (Wildman–Crippen LogP) is 0.708. The summed E-state index contributed by atoms with van der Waals surface area (Å²) in [5.74, 6) is -4.15. The molecule has 3 heterocycles. The summed E-state index contributed by atoms with van der Waals surface area (Å²) in [4.78, 5) is 66.1. The number of carbonyl (C=O) groups excluding carboxylic acids is 4. The number of nitrogens with two attached hydrogens (primary N) is 1. The van der Waals surface area contributed by atoms with E-state index < -0.39 is 69.5 Å². The second-order valence-electron chi connectivity index (χ2n) is 12.7. The van der Waals surface area contributed by atoms with Crippen molar-refractivity contribution in [2.24, 2.45) is 11.7 Å². The van der Waals surface area contributed by atoms with E-state index in [0.717, 1.165) is 32.1 Å². The first kappa shape index (κ1) is 33.6. The van der Waals surface area contributed by atoms with Gasteiger partial charge < -0.3 is 31.5 Å². The highest BCUT2D eigenvalue weighted by Crippen LogP contribution is 2.47. The minimum Gasteiger partial charge on any atom is -0.465 e. The molecule has 2 saturated heterocycles. The Bertz CT molecular complexity index is 1260. The molecule has 0 radical (unpaired) electrons. The maximum absolute atomic E-state index is 14.1. The third-order valence-electron chi connectivity index (χ3n) is 9.03. The number of Topliss-reactive ketones (excluding diaryl/α,β-unsaturated/α-hetero) is 1. The highest BCUT2D eigenvalue weighted by molar-refractivity contribution is 8.24. The fraction of sp³-hybridized carbons (Fsp3) is 0.741. The number of carbonyl (C=O) groups is 5. The van der Waals surface area contributed by atoms with E-state index in [1.54, 1.807) is 0 Å². The molecule has 0 bridgehead atoms. The Morgan fingerprint density at radius 1 is 1.14 bits per heavy atom. The van der Waals surface area contributed by atoms with Crippen LogP contribution >= 0.6 is 10.6 Å². The Labute approximate surface area is 256 Å². The minimum absolute atomic E-state index is 0.0245. The first-order valence-electron chi connectivity index (χ1n) is 14.9. The highest BCUT2D eigenvalue weighted by Gasteiger charge is 2.50. The predicted molar refractivity (Wildman–Crippen MR) is 157 cm³/mol. The summed E-state index contributed by atoms with van der Waals surface area (Å²) in [6.07, 6.45) is 4.44. The van der Waals surface area contributed by atoms with Crippen LogP contribution < -0.4 is 16.4 Å². The molecule has 1 saturated carbocycles. The molecule has 1 unspecified atom stereocenters. The average Bonchev–Trinajstić information content (AvgIpc) is 3.61. The van der Waals surface area contributed by atoms with Gasteiger partial charge in [-0.15, -0.1) is 5.10 Å². The number of aliphatic hydroxyl groups is 1. The summed E-state index contributed by atoms with van der Waals surface area (Å²) < 4.78 is 21.7. The molecule has 3 fully saturated rings. The van der Waals surface area contributed by atoms with Gasteiger partial charge >= 0.3 is 6.09 Å². The summed E-state index contributed by atoms with van der Waals surface area (Å²) in [5.41, 5.74) is 2.48. The quantitative estimate of drug-likeness (QED) is 0.175. The van der Waals surface area contributed by atoms with Crippen LogP contribution in [-0.4, -0.2) is 104 Å². The van der Waals surface area contributed by atoms with E-state index in [2.05, 4.69) is 20.9 Å². The van der Waals surface area contributed by atoms with Crippen LogP contribution in [0.2, 0.25) is 0 Å². The number of primary amides is 1. The molecule has 2 aliphatic heterocycles. The Morgan fingerprint density at radius 2 is 1.77 bits per heavy atom. The third kappa shape index (κ3) is 7.50.